The van der Waals surface area contributed by atoms with Gasteiger partial charge in [0.25, 0.3) is 23.6 Å². The van der Waals surface area contributed by atoms with E-state index < -0.39 is 29.5 Å². The van der Waals surface area contributed by atoms with Crippen molar-refractivity contribution in [3.8, 4) is 0 Å². The maximum Gasteiger partial charge on any atom is 0.261 e. The highest BCUT2D eigenvalue weighted by Gasteiger charge is 2.39. The third kappa shape index (κ3) is 7.76. The predicted octanol–water partition coefficient (Wildman–Crippen LogP) is 2.22. The number of nitrogens with zero attached hydrogens (tertiary/aromatic N) is 2. The number of imide groups is 2. The molecule has 5 amide bonds. The molecule has 12 nitrogen and oxygen atoms in total. The summed E-state index contributed by atoms with van der Waals surface area (Å²) < 4.78 is 0. The van der Waals surface area contributed by atoms with E-state index in [9.17, 15) is 24.0 Å². The molecule has 2 heterocycles. The number of unbranched alkanes of at least 4 members (excludes halogenated alkanes) is 3. The molecule has 43 heavy (non-hydrogen) atoms. The van der Waals surface area contributed by atoms with E-state index in [1.54, 1.807) is 29.7 Å². The minimum absolute atomic E-state index is 0. The van der Waals surface area contributed by atoms with Crippen LogP contribution in [0.2, 0.25) is 0 Å². The summed E-state index contributed by atoms with van der Waals surface area (Å²) >= 11 is 0. The smallest absolute Gasteiger partial charge is 0.261 e. The van der Waals surface area contributed by atoms with Gasteiger partial charge in [-0.2, -0.15) is 0 Å². The van der Waals surface area contributed by atoms with Crippen molar-refractivity contribution in [2.75, 3.05) is 45.8 Å². The van der Waals surface area contributed by atoms with Crippen LogP contribution >= 0.6 is 12.4 Å². The lowest BCUT2D eigenvalue weighted by Crippen LogP contribution is -2.44. The first-order valence-corrected chi connectivity index (χ1v) is 14.8. The lowest BCUT2D eigenvalue weighted by molar-refractivity contribution is -0.129. The fourth-order valence-electron chi connectivity index (χ4n) is 5.51. The molecular weight excluding hydrogens is 576 g/mol. The SMILES string of the molecule is Cl.NCCCNCCCCNCCCN1C(=O)c2ccc3c4c(ccc(c24)C1=O)C(=O)N(CCCCCC(=O)NO)C3=O. The van der Waals surface area contributed by atoms with Crippen molar-refractivity contribution in [2.45, 2.75) is 51.4 Å². The van der Waals surface area contributed by atoms with Crippen LogP contribution in [0, 0.1) is 0 Å². The van der Waals surface area contributed by atoms with Crippen LogP contribution in [0.3, 0.4) is 0 Å². The van der Waals surface area contributed by atoms with Gasteiger partial charge in [-0.1, -0.05) is 6.42 Å². The van der Waals surface area contributed by atoms with Crippen molar-refractivity contribution in [1.29, 1.82) is 0 Å². The first-order chi connectivity index (χ1) is 20.4. The van der Waals surface area contributed by atoms with E-state index in [0.717, 1.165) is 38.9 Å². The van der Waals surface area contributed by atoms with Crippen LogP contribution in [-0.4, -0.2) is 90.4 Å². The van der Waals surface area contributed by atoms with E-state index in [1.807, 2.05) is 0 Å². The van der Waals surface area contributed by atoms with Crippen molar-refractivity contribution < 1.29 is 29.2 Å². The standard InChI is InChI=1S/C30H40N6O6.ClH/c31-13-6-16-32-14-3-4-15-33-17-7-19-36-29(40)22-11-9-20-25-21(10-12-23(26(22)25)30(36)41)28(39)35(27(20)38)18-5-1-2-8-24(37)34-42;/h9-12,32-33,42H,1-8,13-19,31H2,(H,34,37);1H. The number of hydrogen-bond donors (Lipinski definition) is 5. The van der Waals surface area contributed by atoms with Gasteiger partial charge in [-0.05, 0) is 95.5 Å². The Labute approximate surface area is 257 Å². The van der Waals surface area contributed by atoms with Crippen molar-refractivity contribution in [3.63, 3.8) is 0 Å². The number of carbonyl (C=O) groups excluding carboxylic acids is 5. The van der Waals surface area contributed by atoms with E-state index >= 15 is 0 Å². The van der Waals surface area contributed by atoms with Crippen molar-refractivity contribution in [2.24, 2.45) is 5.73 Å². The number of amides is 5. The predicted molar refractivity (Wildman–Crippen MR) is 164 cm³/mol. The number of benzene rings is 2. The molecule has 2 aliphatic rings. The number of carbonyl (C=O) groups is 5. The van der Waals surface area contributed by atoms with Gasteiger partial charge in [0, 0.05) is 52.5 Å². The van der Waals surface area contributed by atoms with Crippen molar-refractivity contribution in [3.05, 3.63) is 46.5 Å². The first-order valence-electron chi connectivity index (χ1n) is 14.8. The molecule has 2 aromatic carbocycles. The summed E-state index contributed by atoms with van der Waals surface area (Å²) in [6.45, 7) is 4.55. The Kier molecular flexibility index (Phi) is 13.0. The summed E-state index contributed by atoms with van der Waals surface area (Å²) in [7, 11) is 0. The maximum atomic E-state index is 13.4. The van der Waals surface area contributed by atoms with Gasteiger partial charge in [-0.15, -0.1) is 12.4 Å². The Morgan fingerprint density at radius 3 is 1.49 bits per heavy atom. The Morgan fingerprint density at radius 2 is 1.05 bits per heavy atom. The van der Waals surface area contributed by atoms with Gasteiger partial charge in [-0.3, -0.25) is 39.0 Å². The van der Waals surface area contributed by atoms with Crippen molar-refractivity contribution in [1.82, 2.24) is 25.9 Å². The van der Waals surface area contributed by atoms with Crippen LogP contribution in [0.25, 0.3) is 10.8 Å². The number of hydrogen-bond acceptors (Lipinski definition) is 9. The third-order valence-corrected chi connectivity index (χ3v) is 7.72. The molecule has 234 valence electrons. The summed E-state index contributed by atoms with van der Waals surface area (Å²) in [6.07, 6.45) is 5.40. The molecule has 0 spiro atoms. The molecule has 0 aromatic heterocycles. The minimum atomic E-state index is -0.484. The molecule has 0 aliphatic carbocycles. The largest absolute Gasteiger partial charge is 0.330 e. The Bertz CT molecular complexity index is 1280. The fourth-order valence-corrected chi connectivity index (χ4v) is 5.51. The molecule has 4 rings (SSSR count). The molecule has 0 unspecified atom stereocenters. The Balaban J connectivity index is 0.00000506. The molecule has 2 aromatic rings. The molecule has 0 fully saturated rings. The lowest BCUT2D eigenvalue weighted by Gasteiger charge is -2.32. The van der Waals surface area contributed by atoms with Crippen LogP contribution < -0.4 is 21.8 Å². The molecule has 6 N–H and O–H groups in total. The van der Waals surface area contributed by atoms with Gasteiger partial charge >= 0.3 is 0 Å². The topological polar surface area (TPSA) is 174 Å². The average Bonchev–Trinajstić information content (AvgIpc) is 3.00. The highest BCUT2D eigenvalue weighted by molar-refractivity contribution is 6.33. The first kappa shape index (κ1) is 34.1. The maximum absolute atomic E-state index is 13.4. The highest BCUT2D eigenvalue weighted by Crippen LogP contribution is 2.37. The Hall–Kier alpha value is -3.42. The highest BCUT2D eigenvalue weighted by atomic mass is 35.5. The van der Waals surface area contributed by atoms with Crippen LogP contribution in [0.1, 0.15) is 92.8 Å². The quantitative estimate of drug-likeness (QED) is 0.0728. The number of halogens is 1. The van der Waals surface area contributed by atoms with Crippen LogP contribution in [0.15, 0.2) is 24.3 Å². The minimum Gasteiger partial charge on any atom is -0.330 e. The Morgan fingerprint density at radius 1 is 0.628 bits per heavy atom. The summed E-state index contributed by atoms with van der Waals surface area (Å²) in [5.74, 6) is -2.27. The molecule has 13 heteroatoms. The monoisotopic (exact) mass is 616 g/mol. The van der Waals surface area contributed by atoms with E-state index in [-0.39, 0.29) is 43.0 Å². The van der Waals surface area contributed by atoms with E-state index in [1.165, 1.54) is 9.80 Å². The van der Waals surface area contributed by atoms with Crippen molar-refractivity contribution >= 4 is 52.7 Å². The van der Waals surface area contributed by atoms with E-state index in [0.29, 0.717) is 60.7 Å². The zero-order valence-corrected chi connectivity index (χ0v) is 25.1. The second kappa shape index (κ2) is 16.4. The van der Waals surface area contributed by atoms with E-state index in [2.05, 4.69) is 10.6 Å². The summed E-state index contributed by atoms with van der Waals surface area (Å²) in [4.78, 5) is 67.1. The molecule has 0 atom stereocenters. The second-order valence-corrected chi connectivity index (χ2v) is 10.6. The molecule has 0 saturated carbocycles. The second-order valence-electron chi connectivity index (χ2n) is 10.6. The number of nitrogens with one attached hydrogen (secondary N) is 3. The zero-order valence-electron chi connectivity index (χ0n) is 24.3. The third-order valence-electron chi connectivity index (χ3n) is 7.72. The molecule has 0 bridgehead atoms. The van der Waals surface area contributed by atoms with Crippen LogP contribution in [0.4, 0.5) is 0 Å². The molecule has 2 aliphatic heterocycles. The molecular formula is C30H41ClN6O6. The molecule has 0 radical (unpaired) electrons. The fraction of sp³-hybridized carbons (Fsp3) is 0.500. The average molecular weight is 617 g/mol. The zero-order chi connectivity index (χ0) is 30.1. The van der Waals surface area contributed by atoms with E-state index in [4.69, 9.17) is 10.9 Å². The van der Waals surface area contributed by atoms with Gasteiger partial charge in [-0.25, -0.2) is 5.48 Å². The van der Waals surface area contributed by atoms with Crippen LogP contribution in [0.5, 0.6) is 0 Å². The van der Waals surface area contributed by atoms with Gasteiger partial charge in [0.05, 0.1) is 0 Å². The van der Waals surface area contributed by atoms with Crippen LogP contribution in [-0.2, 0) is 4.79 Å². The van der Waals surface area contributed by atoms with Gasteiger partial charge < -0.3 is 16.4 Å². The van der Waals surface area contributed by atoms with Gasteiger partial charge in [0.1, 0.15) is 0 Å². The summed E-state index contributed by atoms with van der Waals surface area (Å²) in [5, 5.41) is 16.0. The summed E-state index contributed by atoms with van der Waals surface area (Å²) in [6, 6.07) is 6.28. The number of nitrogens with two attached hydrogens (primary N) is 1. The number of rotatable bonds is 18. The van der Waals surface area contributed by atoms with Gasteiger partial charge in [0.2, 0.25) is 5.91 Å². The normalized spacial score (nSPS) is 14.0. The summed E-state index contributed by atoms with van der Waals surface area (Å²) in [5.41, 5.74) is 8.27. The lowest BCUT2D eigenvalue weighted by atomic mass is 9.86. The van der Waals surface area contributed by atoms with Gasteiger partial charge in [0.15, 0.2) is 0 Å². The molecule has 0 saturated heterocycles. The number of hydroxylamine groups is 1.